The molecule has 2 amide bonds. The summed E-state index contributed by atoms with van der Waals surface area (Å²) in [6, 6.07) is -0.223. The monoisotopic (exact) mass is 296 g/mol. The number of hydrogen-bond donors (Lipinski definition) is 3. The molecule has 0 aliphatic heterocycles. The summed E-state index contributed by atoms with van der Waals surface area (Å²) < 4.78 is 0. The summed E-state index contributed by atoms with van der Waals surface area (Å²) in [4.78, 5) is 23.7. The van der Waals surface area contributed by atoms with Gasteiger partial charge in [0.2, 0.25) is 0 Å². The average Bonchev–Trinajstić information content (AvgIpc) is 2.84. The predicted molar refractivity (Wildman–Crippen MR) is 81.1 cm³/mol. The van der Waals surface area contributed by atoms with Gasteiger partial charge in [-0.2, -0.15) is 0 Å². The van der Waals surface area contributed by atoms with Gasteiger partial charge in [0.1, 0.15) is 0 Å². The highest BCUT2D eigenvalue weighted by atomic mass is 16.4. The number of hydrogen-bond acceptors (Lipinski definition) is 2. The van der Waals surface area contributed by atoms with Crippen molar-refractivity contribution in [3.8, 4) is 0 Å². The summed E-state index contributed by atoms with van der Waals surface area (Å²) in [6.07, 6.45) is 7.45. The third-order valence-corrected chi connectivity index (χ3v) is 5.39. The molecule has 0 saturated heterocycles. The van der Waals surface area contributed by atoms with Gasteiger partial charge in [0.05, 0.1) is 5.41 Å². The van der Waals surface area contributed by atoms with Gasteiger partial charge in [0, 0.05) is 12.1 Å². The molecule has 120 valence electrons. The largest absolute Gasteiger partial charge is 0.481 e. The molecule has 3 N–H and O–H groups in total. The first kappa shape index (κ1) is 16.1. The quantitative estimate of drug-likeness (QED) is 0.746. The summed E-state index contributed by atoms with van der Waals surface area (Å²) in [5.41, 5.74) is -0.901. The predicted octanol–water partition coefficient (Wildman–Crippen LogP) is 2.90. The van der Waals surface area contributed by atoms with Gasteiger partial charge in [-0.1, -0.05) is 19.8 Å². The number of carboxylic acids is 1. The van der Waals surface area contributed by atoms with Crippen LogP contribution in [0.25, 0.3) is 0 Å². The van der Waals surface area contributed by atoms with Crippen molar-refractivity contribution < 1.29 is 14.7 Å². The summed E-state index contributed by atoms with van der Waals surface area (Å²) in [5, 5.41) is 15.4. The summed E-state index contributed by atoms with van der Waals surface area (Å²) in [5.74, 6) is -0.189. The average molecular weight is 296 g/mol. The van der Waals surface area contributed by atoms with Crippen LogP contribution in [0.4, 0.5) is 4.79 Å². The highest BCUT2D eigenvalue weighted by molar-refractivity contribution is 5.78. The Hall–Kier alpha value is -1.26. The molecule has 2 aliphatic carbocycles. The Balaban J connectivity index is 1.87. The third kappa shape index (κ3) is 3.89. The molecule has 0 aromatic carbocycles. The first-order valence-corrected chi connectivity index (χ1v) is 8.15. The zero-order chi connectivity index (χ0) is 15.5. The number of urea groups is 1. The van der Waals surface area contributed by atoms with E-state index >= 15 is 0 Å². The normalized spacial score (nSPS) is 31.6. The van der Waals surface area contributed by atoms with Gasteiger partial charge >= 0.3 is 12.0 Å². The van der Waals surface area contributed by atoms with E-state index in [0.29, 0.717) is 18.8 Å². The van der Waals surface area contributed by atoms with Crippen LogP contribution in [-0.2, 0) is 4.79 Å². The Morgan fingerprint density at radius 3 is 2.24 bits per heavy atom. The van der Waals surface area contributed by atoms with Crippen molar-refractivity contribution in [1.82, 2.24) is 10.6 Å². The van der Waals surface area contributed by atoms with E-state index in [9.17, 15) is 14.7 Å². The number of amides is 2. The van der Waals surface area contributed by atoms with Crippen LogP contribution in [0, 0.1) is 11.3 Å². The minimum Gasteiger partial charge on any atom is -0.481 e. The maximum absolute atomic E-state index is 12.1. The Bertz CT molecular complexity index is 394. The SMILES string of the molecule is CC1CCC(CNC(=O)NC2(C)CCCC2)(C(=O)O)CC1. The molecule has 2 aliphatic rings. The molecule has 21 heavy (non-hydrogen) atoms. The number of nitrogens with one attached hydrogen (secondary N) is 2. The molecule has 2 fully saturated rings. The van der Waals surface area contributed by atoms with Crippen LogP contribution in [-0.4, -0.2) is 29.2 Å². The second-order valence-electron chi connectivity index (χ2n) is 7.34. The minimum absolute atomic E-state index is 0.123. The molecule has 0 atom stereocenters. The van der Waals surface area contributed by atoms with Gasteiger partial charge < -0.3 is 15.7 Å². The number of carboxylic acid groups (broad SMARTS) is 1. The summed E-state index contributed by atoms with van der Waals surface area (Å²) in [7, 11) is 0. The van der Waals surface area contributed by atoms with Crippen LogP contribution in [0.1, 0.15) is 65.2 Å². The zero-order valence-electron chi connectivity index (χ0n) is 13.2. The van der Waals surface area contributed by atoms with E-state index in [1.807, 2.05) is 0 Å². The van der Waals surface area contributed by atoms with Crippen LogP contribution in [0.5, 0.6) is 0 Å². The minimum atomic E-state index is -0.777. The standard InChI is InChI=1S/C16H28N2O3/c1-12-5-9-16(10-6-12,13(19)20)11-17-14(21)18-15(2)7-3-4-8-15/h12H,3-11H2,1-2H3,(H,19,20)(H2,17,18,21). The molecule has 0 aromatic heterocycles. The maximum atomic E-state index is 12.1. The van der Waals surface area contributed by atoms with Gasteiger partial charge in [0.25, 0.3) is 0 Å². The van der Waals surface area contributed by atoms with Crippen LogP contribution in [0.2, 0.25) is 0 Å². The van der Waals surface area contributed by atoms with Gasteiger partial charge in [0.15, 0.2) is 0 Å². The second kappa shape index (κ2) is 6.24. The van der Waals surface area contributed by atoms with E-state index < -0.39 is 11.4 Å². The van der Waals surface area contributed by atoms with Crippen molar-refractivity contribution >= 4 is 12.0 Å². The van der Waals surface area contributed by atoms with Crippen molar-refractivity contribution in [2.24, 2.45) is 11.3 Å². The summed E-state index contributed by atoms with van der Waals surface area (Å²) >= 11 is 0. The molecule has 0 aromatic rings. The van der Waals surface area contributed by atoms with E-state index in [1.165, 1.54) is 0 Å². The molecule has 5 nitrogen and oxygen atoms in total. The van der Waals surface area contributed by atoms with E-state index in [1.54, 1.807) is 0 Å². The fourth-order valence-electron chi connectivity index (χ4n) is 3.63. The van der Waals surface area contributed by atoms with Gasteiger partial charge in [-0.3, -0.25) is 4.79 Å². The second-order valence-corrected chi connectivity index (χ2v) is 7.34. The van der Waals surface area contributed by atoms with Gasteiger partial charge in [-0.05, 0) is 51.4 Å². The molecule has 2 rings (SSSR count). The van der Waals surface area contributed by atoms with Crippen molar-refractivity contribution in [3.05, 3.63) is 0 Å². The maximum Gasteiger partial charge on any atom is 0.315 e. The lowest BCUT2D eigenvalue weighted by Gasteiger charge is -2.36. The molecule has 0 radical (unpaired) electrons. The van der Waals surface area contributed by atoms with E-state index in [-0.39, 0.29) is 18.1 Å². The smallest absolute Gasteiger partial charge is 0.315 e. The first-order valence-electron chi connectivity index (χ1n) is 8.15. The van der Waals surface area contributed by atoms with Gasteiger partial charge in [-0.15, -0.1) is 0 Å². The number of aliphatic carboxylic acids is 1. The molecule has 0 spiro atoms. The molecule has 0 unspecified atom stereocenters. The first-order chi connectivity index (χ1) is 9.85. The lowest BCUT2D eigenvalue weighted by atomic mass is 9.71. The lowest BCUT2D eigenvalue weighted by molar-refractivity contribution is -0.151. The zero-order valence-corrected chi connectivity index (χ0v) is 13.2. The van der Waals surface area contributed by atoms with Crippen molar-refractivity contribution in [3.63, 3.8) is 0 Å². The molecule has 2 saturated carbocycles. The molecular weight excluding hydrogens is 268 g/mol. The Labute approximate surface area is 126 Å². The third-order valence-electron chi connectivity index (χ3n) is 5.39. The molecule has 0 heterocycles. The van der Waals surface area contributed by atoms with Crippen LogP contribution < -0.4 is 10.6 Å². The molecule has 5 heteroatoms. The van der Waals surface area contributed by atoms with E-state index in [2.05, 4.69) is 24.5 Å². The topological polar surface area (TPSA) is 78.4 Å². The number of carbonyl (C=O) groups is 2. The lowest BCUT2D eigenvalue weighted by Crippen LogP contribution is -2.52. The van der Waals surface area contributed by atoms with Crippen LogP contribution >= 0.6 is 0 Å². The Kier molecular flexibility index (Phi) is 4.79. The Morgan fingerprint density at radius 1 is 1.14 bits per heavy atom. The number of rotatable bonds is 4. The van der Waals surface area contributed by atoms with Crippen LogP contribution in [0.15, 0.2) is 0 Å². The van der Waals surface area contributed by atoms with Crippen molar-refractivity contribution in [1.29, 1.82) is 0 Å². The molecular formula is C16H28N2O3. The fraction of sp³-hybridized carbons (Fsp3) is 0.875. The summed E-state index contributed by atoms with van der Waals surface area (Å²) in [6.45, 7) is 4.46. The van der Waals surface area contributed by atoms with E-state index in [4.69, 9.17) is 0 Å². The van der Waals surface area contributed by atoms with Crippen LogP contribution in [0.3, 0.4) is 0 Å². The molecule has 0 bridgehead atoms. The fourth-order valence-corrected chi connectivity index (χ4v) is 3.63. The van der Waals surface area contributed by atoms with E-state index in [0.717, 1.165) is 38.5 Å². The van der Waals surface area contributed by atoms with Crippen molar-refractivity contribution in [2.75, 3.05) is 6.54 Å². The van der Waals surface area contributed by atoms with Gasteiger partial charge in [-0.25, -0.2) is 4.79 Å². The van der Waals surface area contributed by atoms with Crippen molar-refractivity contribution in [2.45, 2.75) is 70.8 Å². The highest BCUT2D eigenvalue weighted by Crippen LogP contribution is 2.38. The highest BCUT2D eigenvalue weighted by Gasteiger charge is 2.41. The Morgan fingerprint density at radius 2 is 1.71 bits per heavy atom. The number of carbonyl (C=O) groups excluding carboxylic acids is 1.